The van der Waals surface area contributed by atoms with E-state index in [0.29, 0.717) is 12.2 Å². The molecule has 0 spiro atoms. The predicted octanol–water partition coefficient (Wildman–Crippen LogP) is 2.93. The van der Waals surface area contributed by atoms with E-state index in [1.165, 1.54) is 0 Å². The maximum absolute atomic E-state index is 11.6. The quantitative estimate of drug-likeness (QED) is 0.784. The number of rotatable bonds is 2. The molecule has 1 heterocycles. The van der Waals surface area contributed by atoms with Crippen molar-refractivity contribution < 1.29 is 4.79 Å². The Hall–Kier alpha value is -1.16. The Morgan fingerprint density at radius 2 is 2.27 bits per heavy atom. The van der Waals surface area contributed by atoms with Crippen molar-refractivity contribution in [3.05, 3.63) is 28.5 Å². The Morgan fingerprint density at radius 1 is 1.53 bits per heavy atom. The second-order valence-corrected chi connectivity index (χ2v) is 4.32. The summed E-state index contributed by atoms with van der Waals surface area (Å²) in [6.45, 7) is 1.84. The Balaban J connectivity index is 2.69. The summed E-state index contributed by atoms with van der Waals surface area (Å²) in [4.78, 5) is 15.9. The van der Waals surface area contributed by atoms with E-state index in [1.54, 1.807) is 0 Å². The van der Waals surface area contributed by atoms with Crippen LogP contribution in [0.1, 0.15) is 24.0 Å². The molecule has 0 N–H and O–H groups in total. The molecule has 0 atom stereocenters. The highest BCUT2D eigenvalue weighted by Crippen LogP contribution is 2.20. The van der Waals surface area contributed by atoms with Crippen molar-refractivity contribution in [3.63, 3.8) is 0 Å². The molecule has 15 heavy (non-hydrogen) atoms. The van der Waals surface area contributed by atoms with E-state index in [1.807, 2.05) is 36.7 Å². The minimum atomic E-state index is 0.0739. The topological polar surface area (TPSA) is 34.9 Å². The largest absolute Gasteiger partial charge is 0.325 e. The fourth-order valence-electron chi connectivity index (χ4n) is 1.57. The maximum Gasteiger partial charge on any atom is 0.198 e. The van der Waals surface area contributed by atoms with E-state index in [0.717, 1.165) is 15.5 Å². The number of fused-ring (bicyclic) bond motifs is 1. The van der Waals surface area contributed by atoms with Gasteiger partial charge in [-0.05, 0) is 18.2 Å². The van der Waals surface area contributed by atoms with E-state index in [2.05, 4.69) is 20.9 Å². The zero-order valence-electron chi connectivity index (χ0n) is 8.62. The minimum absolute atomic E-state index is 0.0739. The van der Waals surface area contributed by atoms with Crippen molar-refractivity contribution in [3.8, 4) is 0 Å². The molecule has 0 unspecified atom stereocenters. The predicted molar refractivity (Wildman–Crippen MR) is 63.0 cm³/mol. The van der Waals surface area contributed by atoms with Crippen LogP contribution in [0.15, 0.2) is 22.7 Å². The van der Waals surface area contributed by atoms with E-state index >= 15 is 0 Å². The third kappa shape index (κ3) is 1.69. The zero-order chi connectivity index (χ0) is 11.0. The normalized spacial score (nSPS) is 10.9. The molecule has 78 valence electrons. The molecule has 0 aliphatic carbocycles. The van der Waals surface area contributed by atoms with Gasteiger partial charge in [-0.25, -0.2) is 4.98 Å². The highest BCUT2D eigenvalue weighted by Gasteiger charge is 2.13. The SMILES string of the molecule is CCC(=O)c1nc2ccc(Br)cc2n1C. The van der Waals surface area contributed by atoms with Crippen molar-refractivity contribution in [1.82, 2.24) is 9.55 Å². The standard InChI is InChI=1S/C11H11BrN2O/c1-3-10(15)11-13-8-5-4-7(12)6-9(8)14(11)2/h4-6H,3H2,1-2H3. The molecular formula is C11H11BrN2O. The van der Waals surface area contributed by atoms with E-state index in [4.69, 9.17) is 0 Å². The number of imidazole rings is 1. The van der Waals surface area contributed by atoms with E-state index in [-0.39, 0.29) is 5.78 Å². The van der Waals surface area contributed by atoms with Crippen molar-refractivity contribution >= 4 is 32.7 Å². The zero-order valence-corrected chi connectivity index (χ0v) is 10.2. The molecule has 0 amide bonds. The summed E-state index contributed by atoms with van der Waals surface area (Å²) >= 11 is 3.40. The summed E-state index contributed by atoms with van der Waals surface area (Å²) in [5, 5.41) is 0. The van der Waals surface area contributed by atoms with Gasteiger partial charge < -0.3 is 4.57 Å². The summed E-state index contributed by atoms with van der Waals surface area (Å²) in [6.07, 6.45) is 0.484. The summed E-state index contributed by atoms with van der Waals surface area (Å²) in [6, 6.07) is 5.80. The average molecular weight is 267 g/mol. The van der Waals surface area contributed by atoms with Crippen LogP contribution in [0.25, 0.3) is 11.0 Å². The summed E-state index contributed by atoms with van der Waals surface area (Å²) in [5.74, 6) is 0.607. The van der Waals surface area contributed by atoms with Crippen LogP contribution >= 0.6 is 15.9 Å². The van der Waals surface area contributed by atoms with Gasteiger partial charge in [0.05, 0.1) is 11.0 Å². The Kier molecular flexibility index (Phi) is 2.61. The van der Waals surface area contributed by atoms with Crippen molar-refractivity contribution in [2.45, 2.75) is 13.3 Å². The third-order valence-corrected chi connectivity index (χ3v) is 2.91. The van der Waals surface area contributed by atoms with Crippen LogP contribution in [0.5, 0.6) is 0 Å². The first-order chi connectivity index (χ1) is 7.13. The van der Waals surface area contributed by atoms with Gasteiger partial charge in [-0.15, -0.1) is 0 Å². The lowest BCUT2D eigenvalue weighted by molar-refractivity contribution is 0.0975. The molecule has 0 radical (unpaired) electrons. The number of carbonyl (C=O) groups is 1. The van der Waals surface area contributed by atoms with Crippen LogP contribution in [0.2, 0.25) is 0 Å². The second-order valence-electron chi connectivity index (χ2n) is 3.40. The van der Waals surface area contributed by atoms with E-state index in [9.17, 15) is 4.79 Å². The van der Waals surface area contributed by atoms with Gasteiger partial charge in [-0.1, -0.05) is 22.9 Å². The van der Waals surface area contributed by atoms with Crippen molar-refractivity contribution in [1.29, 1.82) is 0 Å². The summed E-state index contributed by atoms with van der Waals surface area (Å²) in [7, 11) is 1.87. The number of ketones is 1. The number of benzene rings is 1. The first-order valence-corrected chi connectivity index (χ1v) is 5.58. The van der Waals surface area contributed by atoms with E-state index < -0.39 is 0 Å². The molecule has 4 heteroatoms. The maximum atomic E-state index is 11.6. The van der Waals surface area contributed by atoms with Crippen LogP contribution in [0, 0.1) is 0 Å². The molecule has 0 bridgehead atoms. The van der Waals surface area contributed by atoms with Gasteiger partial charge in [0.2, 0.25) is 0 Å². The molecule has 0 aliphatic rings. The highest BCUT2D eigenvalue weighted by molar-refractivity contribution is 9.10. The van der Waals surface area contributed by atoms with Gasteiger partial charge in [0.15, 0.2) is 11.6 Å². The number of aryl methyl sites for hydroxylation is 1. The van der Waals surface area contributed by atoms with Crippen LogP contribution in [0.3, 0.4) is 0 Å². The molecule has 0 fully saturated rings. The molecule has 2 aromatic rings. The third-order valence-electron chi connectivity index (χ3n) is 2.41. The molecule has 2 rings (SSSR count). The smallest absolute Gasteiger partial charge is 0.198 e. The Morgan fingerprint density at radius 3 is 2.93 bits per heavy atom. The Labute approximate surface area is 96.2 Å². The highest BCUT2D eigenvalue weighted by atomic mass is 79.9. The number of carbonyl (C=O) groups excluding carboxylic acids is 1. The fourth-order valence-corrected chi connectivity index (χ4v) is 1.92. The Bertz CT molecular complexity index is 531. The van der Waals surface area contributed by atoms with Crippen molar-refractivity contribution in [2.75, 3.05) is 0 Å². The second kappa shape index (κ2) is 3.77. The first kappa shape index (κ1) is 10.4. The van der Waals surface area contributed by atoms with Gasteiger partial charge in [-0.3, -0.25) is 4.79 Å². The van der Waals surface area contributed by atoms with Crippen LogP contribution < -0.4 is 0 Å². The number of halogens is 1. The molecular weight excluding hydrogens is 256 g/mol. The first-order valence-electron chi connectivity index (χ1n) is 4.78. The lowest BCUT2D eigenvalue weighted by atomic mass is 10.3. The molecule has 1 aromatic heterocycles. The molecule has 0 saturated heterocycles. The van der Waals surface area contributed by atoms with Crippen molar-refractivity contribution in [2.24, 2.45) is 7.05 Å². The molecule has 0 saturated carbocycles. The van der Waals surface area contributed by atoms with Crippen LogP contribution in [-0.4, -0.2) is 15.3 Å². The number of hydrogen-bond acceptors (Lipinski definition) is 2. The van der Waals surface area contributed by atoms with Gasteiger partial charge in [0, 0.05) is 17.9 Å². The number of nitrogens with zero attached hydrogens (tertiary/aromatic N) is 2. The number of Topliss-reactive ketones (excluding diaryl/α,β-unsaturated/α-hetero) is 1. The lowest BCUT2D eigenvalue weighted by Crippen LogP contribution is -2.05. The van der Waals surface area contributed by atoms with Gasteiger partial charge in [-0.2, -0.15) is 0 Å². The summed E-state index contributed by atoms with van der Waals surface area (Å²) in [5.41, 5.74) is 1.83. The lowest BCUT2D eigenvalue weighted by Gasteiger charge is -1.98. The molecule has 3 nitrogen and oxygen atoms in total. The minimum Gasteiger partial charge on any atom is -0.325 e. The van der Waals surface area contributed by atoms with Crippen LogP contribution in [0.4, 0.5) is 0 Å². The van der Waals surface area contributed by atoms with Gasteiger partial charge in [0.25, 0.3) is 0 Å². The van der Waals surface area contributed by atoms with Gasteiger partial charge >= 0.3 is 0 Å². The number of hydrogen-bond donors (Lipinski definition) is 0. The molecule has 1 aromatic carbocycles. The number of aromatic nitrogens is 2. The summed E-state index contributed by atoms with van der Waals surface area (Å²) < 4.78 is 2.83. The molecule has 0 aliphatic heterocycles. The fraction of sp³-hybridized carbons (Fsp3) is 0.273. The van der Waals surface area contributed by atoms with Crippen LogP contribution in [-0.2, 0) is 7.05 Å². The average Bonchev–Trinajstić information content (AvgIpc) is 2.55. The monoisotopic (exact) mass is 266 g/mol. The van der Waals surface area contributed by atoms with Gasteiger partial charge in [0.1, 0.15) is 0 Å².